The van der Waals surface area contributed by atoms with Gasteiger partial charge in [-0.3, -0.25) is 10.1 Å². The van der Waals surface area contributed by atoms with Crippen LogP contribution in [0.25, 0.3) is 0 Å². The number of hydrogen-bond acceptors (Lipinski definition) is 10. The SMILES string of the molecule is Nc1nc(NCCCNc2ccc([N+](=O)[O-])cc2)nc(N)c1N=O. The van der Waals surface area contributed by atoms with Crippen LogP contribution in [-0.4, -0.2) is 28.0 Å². The van der Waals surface area contributed by atoms with Gasteiger partial charge in [0.05, 0.1) is 4.92 Å². The van der Waals surface area contributed by atoms with Crippen LogP contribution >= 0.6 is 0 Å². The third-order valence-electron chi connectivity index (χ3n) is 3.07. The van der Waals surface area contributed by atoms with Gasteiger partial charge in [-0.25, -0.2) is 0 Å². The molecular formula is C13H16N8O3. The number of nitrogens with two attached hydrogens (primary N) is 2. The lowest BCUT2D eigenvalue weighted by Crippen LogP contribution is -2.12. The van der Waals surface area contributed by atoms with E-state index in [2.05, 4.69) is 25.8 Å². The molecule has 6 N–H and O–H groups in total. The van der Waals surface area contributed by atoms with E-state index in [-0.39, 0.29) is 29.0 Å². The Labute approximate surface area is 136 Å². The molecule has 0 amide bonds. The van der Waals surface area contributed by atoms with Crippen LogP contribution in [-0.2, 0) is 0 Å². The Bertz CT molecular complexity index is 711. The van der Waals surface area contributed by atoms with Crippen LogP contribution < -0.4 is 22.1 Å². The highest BCUT2D eigenvalue weighted by Gasteiger charge is 2.10. The van der Waals surface area contributed by atoms with E-state index >= 15 is 0 Å². The van der Waals surface area contributed by atoms with Crippen LogP contribution in [0.15, 0.2) is 29.4 Å². The van der Waals surface area contributed by atoms with Gasteiger partial charge < -0.3 is 22.1 Å². The van der Waals surface area contributed by atoms with E-state index in [9.17, 15) is 15.0 Å². The van der Waals surface area contributed by atoms with Crippen LogP contribution in [0, 0.1) is 15.0 Å². The molecule has 0 saturated carbocycles. The van der Waals surface area contributed by atoms with Crippen LogP contribution in [0.1, 0.15) is 6.42 Å². The zero-order valence-electron chi connectivity index (χ0n) is 12.6. The molecule has 24 heavy (non-hydrogen) atoms. The molecule has 1 aromatic carbocycles. The molecule has 0 aliphatic rings. The highest BCUT2D eigenvalue weighted by atomic mass is 16.6. The first-order chi connectivity index (χ1) is 11.5. The summed E-state index contributed by atoms with van der Waals surface area (Å²) in [5, 5.41) is 19.3. The van der Waals surface area contributed by atoms with Crippen molar-refractivity contribution in [2.75, 3.05) is 35.2 Å². The second-order valence-electron chi connectivity index (χ2n) is 4.77. The largest absolute Gasteiger partial charge is 0.385 e. The van der Waals surface area contributed by atoms with Crippen molar-refractivity contribution in [2.24, 2.45) is 5.18 Å². The van der Waals surface area contributed by atoms with Gasteiger partial charge in [-0.1, -0.05) is 0 Å². The molecule has 0 atom stereocenters. The van der Waals surface area contributed by atoms with Crippen molar-refractivity contribution < 1.29 is 4.92 Å². The lowest BCUT2D eigenvalue weighted by atomic mass is 10.3. The van der Waals surface area contributed by atoms with E-state index < -0.39 is 4.92 Å². The molecule has 0 aliphatic carbocycles. The molecular weight excluding hydrogens is 316 g/mol. The van der Waals surface area contributed by atoms with Crippen LogP contribution in [0.4, 0.5) is 34.6 Å². The maximum Gasteiger partial charge on any atom is 0.269 e. The number of nitrogens with zero attached hydrogens (tertiary/aromatic N) is 4. The molecule has 2 rings (SSSR count). The van der Waals surface area contributed by atoms with Gasteiger partial charge in [-0.2, -0.15) is 9.97 Å². The third-order valence-corrected chi connectivity index (χ3v) is 3.07. The van der Waals surface area contributed by atoms with E-state index in [1.165, 1.54) is 12.1 Å². The number of hydrogen-bond donors (Lipinski definition) is 4. The molecule has 0 radical (unpaired) electrons. The second-order valence-corrected chi connectivity index (χ2v) is 4.77. The first-order valence-corrected chi connectivity index (χ1v) is 7.00. The minimum absolute atomic E-state index is 0.0443. The lowest BCUT2D eigenvalue weighted by Gasteiger charge is -2.09. The Morgan fingerprint density at radius 2 is 1.67 bits per heavy atom. The number of rotatable bonds is 8. The summed E-state index contributed by atoms with van der Waals surface area (Å²) in [6, 6.07) is 6.15. The fraction of sp³-hybridized carbons (Fsp3) is 0.231. The summed E-state index contributed by atoms with van der Waals surface area (Å²) in [4.78, 5) is 28.4. The van der Waals surface area contributed by atoms with Crippen LogP contribution in [0.3, 0.4) is 0 Å². The predicted molar refractivity (Wildman–Crippen MR) is 91.0 cm³/mol. The summed E-state index contributed by atoms with van der Waals surface area (Å²) in [6.45, 7) is 1.16. The van der Waals surface area contributed by atoms with Gasteiger partial charge in [0.2, 0.25) is 5.95 Å². The number of nitroso groups, excluding NO2 is 1. The van der Waals surface area contributed by atoms with Crippen molar-refractivity contribution in [3.8, 4) is 0 Å². The van der Waals surface area contributed by atoms with E-state index in [4.69, 9.17) is 11.5 Å². The van der Waals surface area contributed by atoms with Crippen molar-refractivity contribution in [1.29, 1.82) is 0 Å². The quantitative estimate of drug-likeness (QED) is 0.243. The second kappa shape index (κ2) is 7.67. The molecule has 1 aromatic heterocycles. The monoisotopic (exact) mass is 332 g/mol. The molecule has 0 aliphatic heterocycles. The Kier molecular flexibility index (Phi) is 5.39. The summed E-state index contributed by atoms with van der Waals surface area (Å²) in [5.41, 5.74) is 11.8. The standard InChI is InChI=1S/C13H16N8O3/c14-11-10(20-22)12(15)19-13(18-11)17-7-1-6-16-8-2-4-9(5-3-8)21(23)24/h2-5,16H,1,6-7H2,(H5,14,15,17,18,19). The third kappa shape index (κ3) is 4.25. The van der Waals surface area contributed by atoms with Crippen LogP contribution in [0.5, 0.6) is 0 Å². The number of aromatic nitrogens is 2. The van der Waals surface area contributed by atoms with Gasteiger partial charge in [0, 0.05) is 30.9 Å². The summed E-state index contributed by atoms with van der Waals surface area (Å²) < 4.78 is 0. The number of nitro benzene ring substituents is 1. The van der Waals surface area contributed by atoms with Gasteiger partial charge in [0.25, 0.3) is 5.69 Å². The van der Waals surface area contributed by atoms with E-state index in [1.807, 2.05) is 0 Å². The van der Waals surface area contributed by atoms with Gasteiger partial charge in [-0.05, 0) is 23.7 Å². The van der Waals surface area contributed by atoms with Gasteiger partial charge in [-0.15, -0.1) is 4.91 Å². The number of nitrogens with one attached hydrogen (secondary N) is 2. The molecule has 11 nitrogen and oxygen atoms in total. The van der Waals surface area contributed by atoms with E-state index in [1.54, 1.807) is 12.1 Å². The average Bonchev–Trinajstić information content (AvgIpc) is 2.55. The molecule has 0 bridgehead atoms. The Morgan fingerprint density at radius 1 is 1.08 bits per heavy atom. The normalized spacial score (nSPS) is 10.2. The lowest BCUT2D eigenvalue weighted by molar-refractivity contribution is -0.384. The minimum atomic E-state index is -0.448. The van der Waals surface area contributed by atoms with Crippen LogP contribution in [0.2, 0.25) is 0 Å². The van der Waals surface area contributed by atoms with E-state index in [0.29, 0.717) is 19.5 Å². The Morgan fingerprint density at radius 3 is 2.21 bits per heavy atom. The van der Waals surface area contributed by atoms with Crippen molar-refractivity contribution >= 4 is 34.6 Å². The zero-order valence-corrected chi connectivity index (χ0v) is 12.6. The first-order valence-electron chi connectivity index (χ1n) is 7.00. The van der Waals surface area contributed by atoms with Crippen molar-refractivity contribution in [3.63, 3.8) is 0 Å². The molecule has 0 spiro atoms. The highest BCUT2D eigenvalue weighted by Crippen LogP contribution is 2.26. The number of anilines is 4. The van der Waals surface area contributed by atoms with Crippen molar-refractivity contribution in [1.82, 2.24) is 9.97 Å². The minimum Gasteiger partial charge on any atom is -0.385 e. The summed E-state index contributed by atoms with van der Waals surface area (Å²) in [7, 11) is 0. The molecule has 0 fully saturated rings. The highest BCUT2D eigenvalue weighted by molar-refractivity contribution is 5.71. The topological polar surface area (TPSA) is 174 Å². The Balaban J connectivity index is 1.77. The maximum atomic E-state index is 10.6. The number of nitro groups is 1. The molecule has 0 saturated heterocycles. The maximum absolute atomic E-state index is 10.6. The fourth-order valence-electron chi connectivity index (χ4n) is 1.89. The van der Waals surface area contributed by atoms with Gasteiger partial charge >= 0.3 is 0 Å². The molecule has 11 heteroatoms. The number of non-ortho nitro benzene ring substituents is 1. The molecule has 0 unspecified atom stereocenters. The smallest absolute Gasteiger partial charge is 0.269 e. The predicted octanol–water partition coefficient (Wildman–Crippen LogP) is 1.86. The number of nitrogen functional groups attached to an aromatic ring is 2. The summed E-state index contributed by atoms with van der Waals surface area (Å²) in [5.74, 6) is 0.0562. The molecule has 1 heterocycles. The van der Waals surface area contributed by atoms with Crippen molar-refractivity contribution in [3.05, 3.63) is 39.3 Å². The average molecular weight is 332 g/mol. The van der Waals surface area contributed by atoms with E-state index in [0.717, 1.165) is 5.69 Å². The number of benzene rings is 1. The van der Waals surface area contributed by atoms with Gasteiger partial charge in [0.15, 0.2) is 17.3 Å². The van der Waals surface area contributed by atoms with Crippen molar-refractivity contribution in [2.45, 2.75) is 6.42 Å². The fourth-order valence-corrected chi connectivity index (χ4v) is 1.89. The van der Waals surface area contributed by atoms with Gasteiger partial charge in [0.1, 0.15) is 0 Å². The first kappa shape index (κ1) is 16.9. The summed E-state index contributed by atoms with van der Waals surface area (Å²) in [6.07, 6.45) is 0.716. The Hall–Kier alpha value is -3.50. The molecule has 2 aromatic rings. The molecule has 126 valence electrons. The summed E-state index contributed by atoms with van der Waals surface area (Å²) >= 11 is 0. The zero-order chi connectivity index (χ0) is 17.5.